The zero-order valence-electron chi connectivity index (χ0n) is 19.7. The standard InChI is InChI=1S/C28H20Cl2F3NO3/c1-3-37-26(36)27(15(2)24(27)16-7-9-18(10-8-16)28(31,32)33)19-11-12-22-17(13-19)14-23(35)34(22)25-20(29)5-4-6-21(25)30/h4-13H,3,14H2,1-2H3. The maximum absolute atomic E-state index is 13.3. The lowest BCUT2D eigenvalue weighted by Gasteiger charge is -2.22. The van der Waals surface area contributed by atoms with E-state index < -0.39 is 23.1 Å². The average molecular weight is 546 g/mol. The second kappa shape index (κ2) is 8.92. The minimum Gasteiger partial charge on any atom is -0.465 e. The van der Waals surface area contributed by atoms with Gasteiger partial charge < -0.3 is 4.74 Å². The topological polar surface area (TPSA) is 46.6 Å². The van der Waals surface area contributed by atoms with Crippen LogP contribution in [0.1, 0.15) is 36.1 Å². The third-order valence-electron chi connectivity index (χ3n) is 6.84. The Hall–Kier alpha value is -3.29. The number of ether oxygens (including phenoxy) is 1. The summed E-state index contributed by atoms with van der Waals surface area (Å²) in [6.07, 6.45) is -4.40. The van der Waals surface area contributed by atoms with E-state index in [1.54, 1.807) is 50.2 Å². The van der Waals surface area contributed by atoms with Crippen molar-refractivity contribution in [3.05, 3.63) is 98.5 Å². The van der Waals surface area contributed by atoms with Gasteiger partial charge in [0.1, 0.15) is 5.41 Å². The molecule has 0 radical (unpaired) electrons. The number of para-hydroxylation sites is 1. The summed E-state index contributed by atoms with van der Waals surface area (Å²) in [6.45, 7) is 3.59. The fourth-order valence-electron chi connectivity index (χ4n) is 5.14. The number of halogens is 5. The van der Waals surface area contributed by atoms with Crippen molar-refractivity contribution in [2.24, 2.45) is 0 Å². The molecule has 2 aliphatic rings. The molecule has 1 heterocycles. The Morgan fingerprint density at radius 3 is 2.30 bits per heavy atom. The van der Waals surface area contributed by atoms with Crippen molar-refractivity contribution in [2.75, 3.05) is 11.5 Å². The number of rotatable bonds is 5. The molecule has 0 bridgehead atoms. The largest absolute Gasteiger partial charge is 0.465 e. The first-order valence-corrected chi connectivity index (χ1v) is 12.2. The van der Waals surface area contributed by atoms with Crippen molar-refractivity contribution in [3.8, 4) is 0 Å². The van der Waals surface area contributed by atoms with Crippen LogP contribution in [-0.2, 0) is 32.3 Å². The number of carbonyl (C=O) groups is 2. The second-order valence-electron chi connectivity index (χ2n) is 8.87. The molecule has 37 heavy (non-hydrogen) atoms. The summed E-state index contributed by atoms with van der Waals surface area (Å²) in [6, 6.07) is 14.9. The first-order valence-electron chi connectivity index (χ1n) is 11.5. The van der Waals surface area contributed by atoms with E-state index in [2.05, 4.69) is 0 Å². The van der Waals surface area contributed by atoms with Gasteiger partial charge in [-0.15, -0.1) is 0 Å². The molecule has 190 valence electrons. The lowest BCUT2D eigenvalue weighted by Crippen LogP contribution is -2.28. The van der Waals surface area contributed by atoms with Gasteiger partial charge in [0.05, 0.1) is 40.0 Å². The predicted molar refractivity (Wildman–Crippen MR) is 136 cm³/mol. The van der Waals surface area contributed by atoms with Gasteiger partial charge in [-0.1, -0.05) is 53.5 Å². The molecule has 5 rings (SSSR count). The Bertz CT molecular complexity index is 1460. The van der Waals surface area contributed by atoms with Crippen LogP contribution in [-0.4, -0.2) is 18.5 Å². The third kappa shape index (κ3) is 3.92. The summed E-state index contributed by atoms with van der Waals surface area (Å²) in [4.78, 5) is 27.8. The number of carbonyl (C=O) groups excluding carboxylic acids is 2. The summed E-state index contributed by atoms with van der Waals surface area (Å²) in [5.74, 6) is -0.742. The van der Waals surface area contributed by atoms with E-state index in [9.17, 15) is 22.8 Å². The minimum atomic E-state index is -4.47. The smallest absolute Gasteiger partial charge is 0.416 e. The van der Waals surface area contributed by atoms with E-state index in [0.29, 0.717) is 49.3 Å². The molecule has 0 aromatic heterocycles. The average Bonchev–Trinajstić information content (AvgIpc) is 3.34. The van der Waals surface area contributed by atoms with Crippen molar-refractivity contribution < 1.29 is 27.5 Å². The molecule has 9 heteroatoms. The SMILES string of the molecule is CCOC(=O)C1(c2ccc3c(c2)CC(=O)N3c2c(Cl)cccc2Cl)C(C)=C1c1ccc(C(F)(F)F)cc1. The van der Waals surface area contributed by atoms with Crippen LogP contribution in [0.5, 0.6) is 0 Å². The van der Waals surface area contributed by atoms with Crippen molar-refractivity contribution in [1.82, 2.24) is 0 Å². The zero-order chi connectivity index (χ0) is 26.7. The van der Waals surface area contributed by atoms with Gasteiger partial charge in [0, 0.05) is 0 Å². The van der Waals surface area contributed by atoms with Crippen LogP contribution in [0.15, 0.2) is 66.2 Å². The number of amides is 1. The maximum atomic E-state index is 13.3. The Morgan fingerprint density at radius 1 is 1.05 bits per heavy atom. The number of alkyl halides is 3. The van der Waals surface area contributed by atoms with Crippen LogP contribution in [0.4, 0.5) is 24.5 Å². The number of benzene rings is 3. The molecule has 0 spiro atoms. The summed E-state index contributed by atoms with van der Waals surface area (Å²) in [5.41, 5.74) is 1.99. The highest BCUT2D eigenvalue weighted by molar-refractivity contribution is 6.40. The summed E-state index contributed by atoms with van der Waals surface area (Å²) in [5, 5.41) is 0.648. The zero-order valence-corrected chi connectivity index (χ0v) is 21.3. The van der Waals surface area contributed by atoms with Gasteiger partial charge in [0.2, 0.25) is 5.91 Å². The molecule has 0 fully saturated rings. The minimum absolute atomic E-state index is 0.0677. The number of fused-ring (bicyclic) bond motifs is 1. The molecule has 1 amide bonds. The van der Waals surface area contributed by atoms with Crippen LogP contribution in [0, 0.1) is 0 Å². The number of hydrogen-bond donors (Lipinski definition) is 0. The fourth-order valence-corrected chi connectivity index (χ4v) is 5.71. The Morgan fingerprint density at radius 2 is 1.70 bits per heavy atom. The molecule has 3 aromatic rings. The van der Waals surface area contributed by atoms with Crippen LogP contribution in [0.3, 0.4) is 0 Å². The molecule has 0 saturated heterocycles. The maximum Gasteiger partial charge on any atom is 0.416 e. The lowest BCUT2D eigenvalue weighted by molar-refractivity contribution is -0.145. The highest BCUT2D eigenvalue weighted by Crippen LogP contribution is 2.61. The van der Waals surface area contributed by atoms with Gasteiger partial charge in [-0.2, -0.15) is 13.2 Å². The molecule has 0 saturated carbocycles. The van der Waals surface area contributed by atoms with Gasteiger partial charge in [-0.05, 0) is 72.0 Å². The number of hydrogen-bond acceptors (Lipinski definition) is 3. The van der Waals surface area contributed by atoms with Crippen molar-refractivity contribution in [1.29, 1.82) is 0 Å². The molecule has 4 nitrogen and oxygen atoms in total. The summed E-state index contributed by atoms with van der Waals surface area (Å²) < 4.78 is 44.7. The van der Waals surface area contributed by atoms with Gasteiger partial charge in [-0.25, -0.2) is 0 Å². The first kappa shape index (κ1) is 25.4. The number of anilines is 2. The van der Waals surface area contributed by atoms with Gasteiger partial charge in [-0.3, -0.25) is 14.5 Å². The predicted octanol–water partition coefficient (Wildman–Crippen LogP) is 7.52. The van der Waals surface area contributed by atoms with E-state index in [1.807, 2.05) is 0 Å². The monoisotopic (exact) mass is 545 g/mol. The number of nitrogens with zero attached hydrogens (tertiary/aromatic N) is 1. The Labute approximate surface area is 221 Å². The third-order valence-corrected chi connectivity index (χ3v) is 7.45. The van der Waals surface area contributed by atoms with Crippen LogP contribution in [0.2, 0.25) is 10.0 Å². The molecule has 1 aliphatic carbocycles. The summed E-state index contributed by atoms with van der Waals surface area (Å²) in [7, 11) is 0. The van der Waals surface area contributed by atoms with Crippen LogP contribution >= 0.6 is 23.2 Å². The van der Waals surface area contributed by atoms with Crippen molar-refractivity contribution in [2.45, 2.75) is 31.9 Å². The van der Waals surface area contributed by atoms with Gasteiger partial charge in [0.15, 0.2) is 0 Å². The van der Waals surface area contributed by atoms with Crippen molar-refractivity contribution >= 4 is 52.0 Å². The lowest BCUT2D eigenvalue weighted by atomic mass is 9.85. The summed E-state index contributed by atoms with van der Waals surface area (Å²) >= 11 is 12.7. The van der Waals surface area contributed by atoms with Gasteiger partial charge in [0.25, 0.3) is 0 Å². The van der Waals surface area contributed by atoms with E-state index in [-0.39, 0.29) is 18.9 Å². The quantitative estimate of drug-likeness (QED) is 0.311. The highest BCUT2D eigenvalue weighted by Gasteiger charge is 2.60. The van der Waals surface area contributed by atoms with E-state index in [0.717, 1.165) is 12.1 Å². The molecule has 3 aromatic carbocycles. The normalized spacial score (nSPS) is 18.8. The van der Waals surface area contributed by atoms with Crippen LogP contribution < -0.4 is 4.90 Å². The van der Waals surface area contributed by atoms with E-state index in [1.165, 1.54) is 17.0 Å². The van der Waals surface area contributed by atoms with E-state index in [4.69, 9.17) is 27.9 Å². The highest BCUT2D eigenvalue weighted by atomic mass is 35.5. The molecular weight excluding hydrogens is 526 g/mol. The number of esters is 1. The van der Waals surface area contributed by atoms with E-state index >= 15 is 0 Å². The van der Waals surface area contributed by atoms with Crippen molar-refractivity contribution in [3.63, 3.8) is 0 Å². The van der Waals surface area contributed by atoms with Gasteiger partial charge >= 0.3 is 12.1 Å². The fraction of sp³-hybridized carbons (Fsp3) is 0.214. The Balaban J connectivity index is 1.57. The molecule has 1 atom stereocenters. The molecule has 1 unspecified atom stereocenters. The molecular formula is C28H20Cl2F3NO3. The first-order chi connectivity index (χ1) is 17.5. The van der Waals surface area contributed by atoms with Crippen LogP contribution in [0.25, 0.3) is 5.57 Å². The second-order valence-corrected chi connectivity index (χ2v) is 9.68. The molecule has 0 N–H and O–H groups in total. The Kier molecular flexibility index (Phi) is 6.12. The molecule has 1 aliphatic heterocycles.